The third-order valence-electron chi connectivity index (χ3n) is 5.28. The van der Waals surface area contributed by atoms with E-state index in [1.807, 2.05) is 30.3 Å². The van der Waals surface area contributed by atoms with Crippen LogP contribution in [-0.4, -0.2) is 36.2 Å². The molecule has 0 bridgehead atoms. The van der Waals surface area contributed by atoms with Gasteiger partial charge in [-0.15, -0.1) is 0 Å². The van der Waals surface area contributed by atoms with E-state index in [-0.39, 0.29) is 5.56 Å². The third kappa shape index (κ3) is 3.64. The molecule has 2 aromatic carbocycles. The van der Waals surface area contributed by atoms with Gasteiger partial charge in [-0.25, -0.2) is 4.39 Å². The predicted octanol–water partition coefficient (Wildman–Crippen LogP) is 3.52. The number of carboxylic acid groups (broad SMARTS) is 1. The Morgan fingerprint density at radius 1 is 1.26 bits per heavy atom. The molecule has 27 heavy (non-hydrogen) atoms. The zero-order valence-corrected chi connectivity index (χ0v) is 15.1. The molecule has 0 amide bonds. The number of piperidine rings is 1. The maximum atomic E-state index is 13.8. The summed E-state index contributed by atoms with van der Waals surface area (Å²) in [5.74, 6) is -1.24. The van der Waals surface area contributed by atoms with Gasteiger partial charge >= 0.3 is 5.97 Å². The standard InChI is InChI=1S/C21H21FN2O3/c1-27-18-8-7-16(22)13-17(18)19(20(25)26)24-11-9-21(14-23,10-12-24)15-5-3-2-4-6-15/h2-8,13,19H,9-12H2,1H3,(H,25,26). The molecule has 1 heterocycles. The molecular weight excluding hydrogens is 347 g/mol. The number of halogens is 1. The average Bonchev–Trinajstić information content (AvgIpc) is 2.69. The number of benzene rings is 2. The molecule has 1 aliphatic rings. The second-order valence-corrected chi connectivity index (χ2v) is 6.72. The highest BCUT2D eigenvalue weighted by Crippen LogP contribution is 2.39. The number of methoxy groups -OCH3 is 1. The first-order valence-corrected chi connectivity index (χ1v) is 8.78. The molecule has 1 fully saturated rings. The van der Waals surface area contributed by atoms with Gasteiger partial charge in [0.05, 0.1) is 18.6 Å². The van der Waals surface area contributed by atoms with Crippen LogP contribution in [0.1, 0.15) is 30.0 Å². The van der Waals surface area contributed by atoms with Crippen molar-refractivity contribution in [2.75, 3.05) is 20.2 Å². The summed E-state index contributed by atoms with van der Waals surface area (Å²) >= 11 is 0. The van der Waals surface area contributed by atoms with Crippen molar-refractivity contribution in [1.82, 2.24) is 4.90 Å². The number of hydrogen-bond donors (Lipinski definition) is 1. The lowest BCUT2D eigenvalue weighted by Crippen LogP contribution is -2.45. The first-order chi connectivity index (χ1) is 13.0. The van der Waals surface area contributed by atoms with Crippen LogP contribution in [0.5, 0.6) is 5.75 Å². The maximum Gasteiger partial charge on any atom is 0.325 e. The van der Waals surface area contributed by atoms with Crippen molar-refractivity contribution < 1.29 is 19.0 Å². The maximum absolute atomic E-state index is 13.8. The van der Waals surface area contributed by atoms with Crippen molar-refractivity contribution in [1.29, 1.82) is 5.26 Å². The highest BCUT2D eigenvalue weighted by molar-refractivity contribution is 5.76. The van der Waals surface area contributed by atoms with Crippen molar-refractivity contribution in [2.24, 2.45) is 0 Å². The van der Waals surface area contributed by atoms with Crippen LogP contribution in [0.4, 0.5) is 4.39 Å². The smallest absolute Gasteiger partial charge is 0.325 e. The van der Waals surface area contributed by atoms with Crippen LogP contribution in [0.15, 0.2) is 48.5 Å². The first kappa shape index (κ1) is 18.9. The van der Waals surface area contributed by atoms with Crippen LogP contribution in [0, 0.1) is 17.1 Å². The van der Waals surface area contributed by atoms with Crippen molar-refractivity contribution in [3.63, 3.8) is 0 Å². The molecule has 0 aliphatic carbocycles. The van der Waals surface area contributed by atoms with Gasteiger partial charge in [0.25, 0.3) is 0 Å². The van der Waals surface area contributed by atoms with Gasteiger partial charge < -0.3 is 9.84 Å². The summed E-state index contributed by atoms with van der Waals surface area (Å²) in [4.78, 5) is 13.8. The van der Waals surface area contributed by atoms with Gasteiger partial charge in [-0.2, -0.15) is 5.26 Å². The number of nitriles is 1. The number of carbonyl (C=O) groups is 1. The van der Waals surface area contributed by atoms with Crippen molar-refractivity contribution in [3.8, 4) is 11.8 Å². The van der Waals surface area contributed by atoms with Crippen LogP contribution in [-0.2, 0) is 10.2 Å². The fourth-order valence-corrected chi connectivity index (χ4v) is 3.79. The molecule has 5 nitrogen and oxygen atoms in total. The van der Waals surface area contributed by atoms with Crippen LogP contribution < -0.4 is 4.74 Å². The summed E-state index contributed by atoms with van der Waals surface area (Å²) in [5.41, 5.74) is 0.601. The van der Waals surface area contributed by atoms with Gasteiger partial charge in [-0.3, -0.25) is 9.69 Å². The Bertz CT molecular complexity index is 855. The van der Waals surface area contributed by atoms with E-state index in [9.17, 15) is 19.6 Å². The van der Waals surface area contributed by atoms with Crippen molar-refractivity contribution in [2.45, 2.75) is 24.3 Å². The molecule has 2 aromatic rings. The molecule has 1 unspecified atom stereocenters. The Morgan fingerprint density at radius 2 is 1.93 bits per heavy atom. The zero-order valence-electron chi connectivity index (χ0n) is 15.1. The lowest BCUT2D eigenvalue weighted by atomic mass is 9.73. The summed E-state index contributed by atoms with van der Waals surface area (Å²) in [6.45, 7) is 0.832. The minimum atomic E-state index is -1.07. The molecule has 140 valence electrons. The van der Waals surface area contributed by atoms with Crippen molar-refractivity contribution in [3.05, 3.63) is 65.5 Å². The molecule has 1 N–H and O–H groups in total. The number of carboxylic acids is 1. The molecule has 0 aromatic heterocycles. The van der Waals surface area contributed by atoms with Crippen LogP contribution in [0.25, 0.3) is 0 Å². The largest absolute Gasteiger partial charge is 0.496 e. The summed E-state index contributed by atoms with van der Waals surface area (Å²) in [6, 6.07) is 14.9. The summed E-state index contributed by atoms with van der Waals surface area (Å²) < 4.78 is 19.0. The number of aliphatic carboxylic acids is 1. The van der Waals surface area contributed by atoms with Gasteiger partial charge in [0, 0.05) is 18.7 Å². The summed E-state index contributed by atoms with van der Waals surface area (Å²) in [5, 5.41) is 19.6. The highest BCUT2D eigenvalue weighted by atomic mass is 19.1. The minimum Gasteiger partial charge on any atom is -0.496 e. The molecule has 1 saturated heterocycles. The molecule has 3 rings (SSSR count). The average molecular weight is 368 g/mol. The summed E-state index contributed by atoms with van der Waals surface area (Å²) in [7, 11) is 1.43. The molecule has 6 heteroatoms. The second kappa shape index (κ2) is 7.77. The third-order valence-corrected chi connectivity index (χ3v) is 5.28. The molecule has 0 radical (unpaired) electrons. The Kier molecular flexibility index (Phi) is 5.43. The molecule has 1 aliphatic heterocycles. The van der Waals surface area contributed by atoms with Crippen molar-refractivity contribution >= 4 is 5.97 Å². The number of rotatable bonds is 5. The number of ether oxygens (including phenoxy) is 1. The van der Waals surface area contributed by atoms with E-state index in [1.54, 1.807) is 4.90 Å². The van der Waals surface area contributed by atoms with Gasteiger partial charge in [0.15, 0.2) is 0 Å². The van der Waals surface area contributed by atoms with E-state index in [2.05, 4.69) is 6.07 Å². The zero-order chi connectivity index (χ0) is 19.4. The number of likely N-dealkylation sites (tertiary alicyclic amines) is 1. The highest BCUT2D eigenvalue weighted by Gasteiger charge is 2.40. The van der Waals surface area contributed by atoms with Gasteiger partial charge in [0.2, 0.25) is 0 Å². The Hall–Kier alpha value is -2.91. The normalized spacial score (nSPS) is 17.7. The van der Waals surface area contributed by atoms with E-state index in [1.165, 1.54) is 25.3 Å². The van der Waals surface area contributed by atoms with Gasteiger partial charge in [-0.1, -0.05) is 30.3 Å². The fraction of sp³-hybridized carbons (Fsp3) is 0.333. The van der Waals surface area contributed by atoms with E-state index in [0.717, 1.165) is 5.56 Å². The second-order valence-electron chi connectivity index (χ2n) is 6.72. The lowest BCUT2D eigenvalue weighted by molar-refractivity contribution is -0.144. The van der Waals surface area contributed by atoms with Gasteiger partial charge in [-0.05, 0) is 36.6 Å². The lowest BCUT2D eigenvalue weighted by Gasteiger charge is -2.40. The van der Waals surface area contributed by atoms with Crippen LogP contribution in [0.3, 0.4) is 0 Å². The van der Waals surface area contributed by atoms with E-state index < -0.39 is 23.2 Å². The first-order valence-electron chi connectivity index (χ1n) is 8.78. The fourth-order valence-electron chi connectivity index (χ4n) is 3.79. The monoisotopic (exact) mass is 368 g/mol. The SMILES string of the molecule is COc1ccc(F)cc1C(C(=O)O)N1CCC(C#N)(c2ccccc2)CC1. The van der Waals surface area contributed by atoms with E-state index in [0.29, 0.717) is 31.7 Å². The van der Waals surface area contributed by atoms with Crippen LogP contribution in [0.2, 0.25) is 0 Å². The topological polar surface area (TPSA) is 73.6 Å². The Balaban J connectivity index is 1.88. The minimum absolute atomic E-state index is 0.286. The predicted molar refractivity (Wildman–Crippen MR) is 97.9 cm³/mol. The molecular formula is C21H21FN2O3. The number of hydrogen-bond acceptors (Lipinski definition) is 4. The quantitative estimate of drug-likeness (QED) is 0.874. The van der Waals surface area contributed by atoms with Gasteiger partial charge in [0.1, 0.15) is 17.6 Å². The number of nitrogens with zero attached hydrogens (tertiary/aromatic N) is 2. The van der Waals surface area contributed by atoms with E-state index >= 15 is 0 Å². The molecule has 0 saturated carbocycles. The molecule has 1 atom stereocenters. The Labute approximate surface area is 157 Å². The summed E-state index contributed by atoms with van der Waals surface area (Å²) in [6.07, 6.45) is 1.02. The Morgan fingerprint density at radius 3 is 2.48 bits per heavy atom. The molecule has 0 spiro atoms. The van der Waals surface area contributed by atoms with Crippen LogP contribution >= 0.6 is 0 Å². The van der Waals surface area contributed by atoms with E-state index in [4.69, 9.17) is 4.74 Å².